The molecular weight excluding hydrogens is 276 g/mol. The van der Waals surface area contributed by atoms with Crippen molar-refractivity contribution in [1.82, 2.24) is 9.88 Å². The summed E-state index contributed by atoms with van der Waals surface area (Å²) in [4.78, 5) is 16.6. The van der Waals surface area contributed by atoms with E-state index in [1.54, 1.807) is 23.6 Å². The third kappa shape index (κ3) is 3.31. The molecular formula is C13H16N4O2S. The van der Waals surface area contributed by atoms with Crippen molar-refractivity contribution in [2.75, 3.05) is 26.0 Å². The number of nitrogens with zero attached hydrogens (tertiary/aromatic N) is 3. The number of nitrogens with one attached hydrogen (secondary N) is 1. The lowest BCUT2D eigenvalue weighted by atomic mass is 10.1. The summed E-state index contributed by atoms with van der Waals surface area (Å²) in [6.07, 6.45) is 1.55. The molecule has 2 aromatic rings. The molecule has 6 nitrogen and oxygen atoms in total. The van der Waals surface area contributed by atoms with Crippen LogP contribution in [0.4, 0.5) is 11.5 Å². The molecule has 2 heterocycles. The molecule has 1 atom stereocenters. The predicted octanol–water partition coefficient (Wildman–Crippen LogP) is 2.77. The fourth-order valence-electron chi connectivity index (χ4n) is 1.94. The van der Waals surface area contributed by atoms with Crippen molar-refractivity contribution in [1.29, 1.82) is 0 Å². The van der Waals surface area contributed by atoms with Crippen LogP contribution in [0.2, 0.25) is 0 Å². The molecule has 0 fully saturated rings. The summed E-state index contributed by atoms with van der Waals surface area (Å²) >= 11 is 1.64. The van der Waals surface area contributed by atoms with Gasteiger partial charge in [0.1, 0.15) is 0 Å². The molecule has 1 N–H and O–H groups in total. The summed E-state index contributed by atoms with van der Waals surface area (Å²) in [6, 6.07) is 5.21. The molecule has 0 radical (unpaired) electrons. The van der Waals surface area contributed by atoms with E-state index in [4.69, 9.17) is 0 Å². The third-order valence-electron chi connectivity index (χ3n) is 3.00. The van der Waals surface area contributed by atoms with Gasteiger partial charge in [0.05, 0.1) is 11.0 Å². The lowest BCUT2D eigenvalue weighted by molar-refractivity contribution is -0.384. The fraction of sp³-hybridized carbons (Fsp3) is 0.308. The summed E-state index contributed by atoms with van der Waals surface area (Å²) in [5.74, 6) is 0.305. The van der Waals surface area contributed by atoms with Gasteiger partial charge in [0, 0.05) is 18.8 Å². The van der Waals surface area contributed by atoms with Crippen molar-refractivity contribution >= 4 is 22.8 Å². The lowest BCUT2D eigenvalue weighted by Gasteiger charge is -2.24. The zero-order valence-electron chi connectivity index (χ0n) is 11.3. The molecule has 0 aliphatic carbocycles. The summed E-state index contributed by atoms with van der Waals surface area (Å²) in [5.41, 5.74) is 1.18. The van der Waals surface area contributed by atoms with Crippen LogP contribution in [0.1, 0.15) is 11.6 Å². The fourth-order valence-corrected chi connectivity index (χ4v) is 2.64. The minimum absolute atomic E-state index is 0.00433. The number of aromatic nitrogens is 1. The number of nitro groups is 1. The molecule has 0 unspecified atom stereocenters. The molecule has 0 aliphatic heterocycles. The van der Waals surface area contributed by atoms with E-state index >= 15 is 0 Å². The van der Waals surface area contributed by atoms with E-state index in [0.29, 0.717) is 12.4 Å². The Labute approximate surface area is 121 Å². The van der Waals surface area contributed by atoms with E-state index in [9.17, 15) is 10.1 Å². The SMILES string of the molecule is CN(C)[C@H](CNc1ncccc1[N+](=O)[O-])c1ccsc1. The average Bonchev–Trinajstić information content (AvgIpc) is 2.92. The Kier molecular flexibility index (Phi) is 4.65. The zero-order valence-corrected chi connectivity index (χ0v) is 12.1. The molecule has 0 aliphatic rings. The normalized spacial score (nSPS) is 12.3. The Balaban J connectivity index is 2.13. The molecule has 2 aromatic heterocycles. The molecule has 0 bridgehead atoms. The number of likely N-dealkylation sites (N-methyl/N-ethyl adjacent to an activating group) is 1. The number of anilines is 1. The van der Waals surface area contributed by atoms with Crippen LogP contribution in [-0.2, 0) is 0 Å². The van der Waals surface area contributed by atoms with Crippen molar-refractivity contribution in [3.63, 3.8) is 0 Å². The van der Waals surface area contributed by atoms with Crippen molar-refractivity contribution in [3.05, 3.63) is 50.8 Å². The van der Waals surface area contributed by atoms with Gasteiger partial charge >= 0.3 is 5.69 Å². The standard InChI is InChI=1S/C13H16N4O2S/c1-16(2)12(10-5-7-20-9-10)8-15-13-11(17(18)19)4-3-6-14-13/h3-7,9,12H,8H2,1-2H3,(H,14,15)/t12-/m1/s1. The summed E-state index contributed by atoms with van der Waals surface area (Å²) < 4.78 is 0. The van der Waals surface area contributed by atoms with E-state index in [-0.39, 0.29) is 11.7 Å². The van der Waals surface area contributed by atoms with Crippen LogP contribution in [0.3, 0.4) is 0 Å². The number of thiophene rings is 1. The maximum Gasteiger partial charge on any atom is 0.311 e. The summed E-state index contributed by atoms with van der Waals surface area (Å²) in [7, 11) is 3.97. The molecule has 0 saturated carbocycles. The highest BCUT2D eigenvalue weighted by Gasteiger charge is 2.18. The van der Waals surface area contributed by atoms with Gasteiger partial charge in [-0.2, -0.15) is 11.3 Å². The van der Waals surface area contributed by atoms with Crippen LogP contribution in [0.5, 0.6) is 0 Å². The van der Waals surface area contributed by atoms with Gasteiger partial charge in [-0.15, -0.1) is 0 Å². The molecule has 20 heavy (non-hydrogen) atoms. The number of hydrogen-bond donors (Lipinski definition) is 1. The maximum atomic E-state index is 10.9. The molecule has 106 valence electrons. The van der Waals surface area contributed by atoms with Gasteiger partial charge in [0.2, 0.25) is 5.82 Å². The highest BCUT2D eigenvalue weighted by Crippen LogP contribution is 2.24. The van der Waals surface area contributed by atoms with Gasteiger partial charge < -0.3 is 10.2 Å². The van der Waals surface area contributed by atoms with Crippen molar-refractivity contribution in [2.24, 2.45) is 0 Å². The Bertz CT molecular complexity index is 572. The second kappa shape index (κ2) is 6.44. The van der Waals surface area contributed by atoms with E-state index < -0.39 is 4.92 Å². The summed E-state index contributed by atoms with van der Waals surface area (Å²) in [6.45, 7) is 0.557. The van der Waals surface area contributed by atoms with Gasteiger partial charge in [-0.05, 0) is 42.6 Å². The predicted molar refractivity (Wildman–Crippen MR) is 80.1 cm³/mol. The second-order valence-corrected chi connectivity index (χ2v) is 5.33. The van der Waals surface area contributed by atoms with Crippen LogP contribution in [0.25, 0.3) is 0 Å². The quantitative estimate of drug-likeness (QED) is 0.655. The van der Waals surface area contributed by atoms with Gasteiger partial charge in [-0.25, -0.2) is 4.98 Å². The van der Waals surface area contributed by atoms with E-state index in [2.05, 4.69) is 26.6 Å². The highest BCUT2D eigenvalue weighted by molar-refractivity contribution is 7.07. The smallest absolute Gasteiger partial charge is 0.311 e. The lowest BCUT2D eigenvalue weighted by Crippen LogP contribution is -2.26. The third-order valence-corrected chi connectivity index (χ3v) is 3.70. The molecule has 0 saturated heterocycles. The van der Waals surface area contributed by atoms with Crippen molar-refractivity contribution in [3.8, 4) is 0 Å². The Morgan fingerprint density at radius 1 is 1.50 bits per heavy atom. The van der Waals surface area contributed by atoms with Gasteiger partial charge in [-0.1, -0.05) is 0 Å². The molecule has 0 amide bonds. The van der Waals surface area contributed by atoms with Crippen LogP contribution in [-0.4, -0.2) is 35.4 Å². The first kappa shape index (κ1) is 14.4. The van der Waals surface area contributed by atoms with Crippen molar-refractivity contribution in [2.45, 2.75) is 6.04 Å². The van der Waals surface area contributed by atoms with E-state index in [1.807, 2.05) is 19.5 Å². The van der Waals surface area contributed by atoms with E-state index in [1.165, 1.54) is 11.6 Å². The first-order valence-electron chi connectivity index (χ1n) is 6.11. The minimum atomic E-state index is -0.426. The number of rotatable bonds is 6. The van der Waals surface area contributed by atoms with Crippen LogP contribution < -0.4 is 5.32 Å². The largest absolute Gasteiger partial charge is 0.362 e. The van der Waals surface area contributed by atoms with E-state index in [0.717, 1.165) is 0 Å². The van der Waals surface area contributed by atoms with Crippen LogP contribution in [0.15, 0.2) is 35.2 Å². The van der Waals surface area contributed by atoms with Crippen LogP contribution >= 0.6 is 11.3 Å². The maximum absolute atomic E-state index is 10.9. The molecule has 0 spiro atoms. The monoisotopic (exact) mass is 292 g/mol. The van der Waals surface area contributed by atoms with Gasteiger partial charge in [0.15, 0.2) is 0 Å². The van der Waals surface area contributed by atoms with Gasteiger partial charge in [-0.3, -0.25) is 10.1 Å². The first-order chi connectivity index (χ1) is 9.59. The molecule has 7 heteroatoms. The Morgan fingerprint density at radius 2 is 2.30 bits per heavy atom. The average molecular weight is 292 g/mol. The topological polar surface area (TPSA) is 71.3 Å². The summed E-state index contributed by atoms with van der Waals surface area (Å²) in [5, 5.41) is 18.1. The van der Waals surface area contributed by atoms with Gasteiger partial charge in [0.25, 0.3) is 0 Å². The molecule has 2 rings (SSSR count). The molecule has 0 aromatic carbocycles. The first-order valence-corrected chi connectivity index (χ1v) is 7.05. The number of pyridine rings is 1. The number of hydrogen-bond acceptors (Lipinski definition) is 6. The highest BCUT2D eigenvalue weighted by atomic mass is 32.1. The van der Waals surface area contributed by atoms with Crippen molar-refractivity contribution < 1.29 is 4.92 Å². The zero-order chi connectivity index (χ0) is 14.5. The second-order valence-electron chi connectivity index (χ2n) is 4.55. The van der Waals surface area contributed by atoms with Crippen LogP contribution in [0, 0.1) is 10.1 Å². The minimum Gasteiger partial charge on any atom is -0.362 e. The Hall–Kier alpha value is -1.99. The Morgan fingerprint density at radius 3 is 2.90 bits per heavy atom.